The van der Waals surface area contributed by atoms with E-state index in [4.69, 9.17) is 4.74 Å². The smallest absolute Gasteiger partial charge is 0.410 e. The summed E-state index contributed by atoms with van der Waals surface area (Å²) in [6.45, 7) is 5.23. The van der Waals surface area contributed by atoms with Gasteiger partial charge in [0.15, 0.2) is 0 Å². The lowest BCUT2D eigenvalue weighted by Crippen LogP contribution is -2.45. The molecule has 0 aliphatic heterocycles. The minimum absolute atomic E-state index is 0.280. The first kappa shape index (κ1) is 26.7. The van der Waals surface area contributed by atoms with E-state index < -0.39 is 23.7 Å². The van der Waals surface area contributed by atoms with Gasteiger partial charge in [0, 0.05) is 30.4 Å². The highest BCUT2D eigenvalue weighted by Gasteiger charge is 2.30. The SMILES string of the molecule is C1CCC(NC2CCCCC2)CC1.CN(C(=O)OC(C)(C)C)C(Cc1cccs1)C(=O)O. The van der Waals surface area contributed by atoms with E-state index in [0.717, 1.165) is 21.9 Å². The fourth-order valence-electron chi connectivity index (χ4n) is 4.34. The Morgan fingerprint density at radius 1 is 1.09 bits per heavy atom. The zero-order valence-electron chi connectivity index (χ0n) is 20.3. The monoisotopic (exact) mass is 466 g/mol. The average molecular weight is 467 g/mol. The number of aliphatic carboxylic acids is 1. The molecule has 7 heteroatoms. The lowest BCUT2D eigenvalue weighted by atomic mass is 9.91. The van der Waals surface area contributed by atoms with Crippen LogP contribution in [0.25, 0.3) is 0 Å². The molecule has 0 bridgehead atoms. The number of ether oxygens (including phenoxy) is 1. The molecule has 3 rings (SSSR count). The summed E-state index contributed by atoms with van der Waals surface area (Å²) in [7, 11) is 1.44. The lowest BCUT2D eigenvalue weighted by Gasteiger charge is -2.30. The fraction of sp³-hybridized carbons (Fsp3) is 0.760. The predicted octanol–water partition coefficient (Wildman–Crippen LogP) is 5.85. The van der Waals surface area contributed by atoms with E-state index in [1.807, 2.05) is 17.5 Å². The Labute approximate surface area is 197 Å². The van der Waals surface area contributed by atoms with E-state index >= 15 is 0 Å². The van der Waals surface area contributed by atoms with Crippen LogP contribution in [0.5, 0.6) is 0 Å². The first-order valence-corrected chi connectivity index (χ1v) is 13.0. The van der Waals surface area contributed by atoms with Gasteiger partial charge in [-0.25, -0.2) is 9.59 Å². The summed E-state index contributed by atoms with van der Waals surface area (Å²) in [4.78, 5) is 25.2. The third kappa shape index (κ3) is 9.90. The molecule has 2 fully saturated rings. The second-order valence-electron chi connectivity index (χ2n) is 10.1. The summed E-state index contributed by atoms with van der Waals surface area (Å²) in [5, 5.41) is 15.0. The van der Waals surface area contributed by atoms with Crippen LogP contribution in [0, 0.1) is 0 Å². The van der Waals surface area contributed by atoms with Gasteiger partial charge >= 0.3 is 12.1 Å². The van der Waals surface area contributed by atoms with Crippen molar-refractivity contribution in [2.45, 2.75) is 115 Å². The Hall–Kier alpha value is -1.60. The normalized spacial score (nSPS) is 18.9. The van der Waals surface area contributed by atoms with Crippen molar-refractivity contribution < 1.29 is 19.4 Å². The average Bonchev–Trinajstić information content (AvgIpc) is 3.25. The molecular formula is C25H42N2O4S. The molecule has 2 saturated carbocycles. The summed E-state index contributed by atoms with van der Waals surface area (Å²) < 4.78 is 5.18. The van der Waals surface area contributed by atoms with Crippen LogP contribution in [0.4, 0.5) is 4.79 Å². The molecular weight excluding hydrogens is 424 g/mol. The molecule has 1 amide bonds. The van der Waals surface area contributed by atoms with Gasteiger partial charge in [-0.2, -0.15) is 0 Å². The highest BCUT2D eigenvalue weighted by Crippen LogP contribution is 2.22. The molecule has 2 aliphatic carbocycles. The summed E-state index contributed by atoms with van der Waals surface area (Å²) in [6, 6.07) is 4.53. The van der Waals surface area contributed by atoms with E-state index in [1.54, 1.807) is 20.8 Å². The van der Waals surface area contributed by atoms with Crippen molar-refractivity contribution >= 4 is 23.4 Å². The number of carboxylic acid groups (broad SMARTS) is 1. The van der Waals surface area contributed by atoms with Crippen molar-refractivity contribution in [3.05, 3.63) is 22.4 Å². The van der Waals surface area contributed by atoms with Gasteiger partial charge in [-0.1, -0.05) is 44.6 Å². The van der Waals surface area contributed by atoms with E-state index in [9.17, 15) is 14.7 Å². The summed E-state index contributed by atoms with van der Waals surface area (Å²) in [5.74, 6) is -1.04. The van der Waals surface area contributed by atoms with Gasteiger partial charge in [-0.05, 0) is 57.9 Å². The Morgan fingerprint density at radius 3 is 2.03 bits per heavy atom. The molecule has 1 aromatic rings. The molecule has 6 nitrogen and oxygen atoms in total. The highest BCUT2D eigenvalue weighted by atomic mass is 32.1. The largest absolute Gasteiger partial charge is 0.480 e. The molecule has 1 atom stereocenters. The Morgan fingerprint density at radius 2 is 1.62 bits per heavy atom. The zero-order chi connectivity index (χ0) is 23.6. The van der Waals surface area contributed by atoms with Gasteiger partial charge < -0.3 is 15.2 Å². The third-order valence-corrected chi connectivity index (χ3v) is 6.99. The summed E-state index contributed by atoms with van der Waals surface area (Å²) in [6.07, 6.45) is 14.2. The number of carbonyl (C=O) groups excluding carboxylic acids is 1. The molecule has 1 heterocycles. The maximum atomic E-state index is 11.9. The fourth-order valence-corrected chi connectivity index (χ4v) is 5.09. The maximum absolute atomic E-state index is 11.9. The number of carbonyl (C=O) groups is 2. The number of thiophene rings is 1. The van der Waals surface area contributed by atoms with Gasteiger partial charge in [0.25, 0.3) is 0 Å². The Balaban J connectivity index is 0.000000242. The van der Waals surface area contributed by atoms with E-state index in [0.29, 0.717) is 0 Å². The number of hydrogen-bond acceptors (Lipinski definition) is 5. The van der Waals surface area contributed by atoms with E-state index in [1.165, 1.54) is 82.6 Å². The predicted molar refractivity (Wildman–Crippen MR) is 130 cm³/mol. The first-order chi connectivity index (χ1) is 15.2. The van der Waals surface area contributed by atoms with Crippen LogP contribution in [0.15, 0.2) is 17.5 Å². The molecule has 2 aliphatic rings. The number of hydrogen-bond donors (Lipinski definition) is 2. The summed E-state index contributed by atoms with van der Waals surface area (Å²) in [5.41, 5.74) is -0.642. The molecule has 182 valence electrons. The van der Waals surface area contributed by atoms with Crippen LogP contribution in [0.1, 0.15) is 89.9 Å². The van der Waals surface area contributed by atoms with E-state index in [2.05, 4.69) is 5.32 Å². The number of nitrogens with zero attached hydrogens (tertiary/aromatic N) is 1. The molecule has 0 spiro atoms. The van der Waals surface area contributed by atoms with Crippen LogP contribution >= 0.6 is 11.3 Å². The standard InChI is InChI=1S/C13H19NO4S.C12H23N/c1-13(2,3)18-12(17)14(4)10(11(15)16)8-9-6-5-7-19-9;1-3-7-11(8-4-1)13-12-9-5-2-6-10-12/h5-7,10H,8H2,1-4H3,(H,15,16);11-13H,1-10H2. The molecule has 0 saturated heterocycles. The van der Waals surface area contributed by atoms with Crippen LogP contribution in [0.2, 0.25) is 0 Å². The molecule has 2 N–H and O–H groups in total. The van der Waals surface area contributed by atoms with Gasteiger partial charge in [-0.15, -0.1) is 11.3 Å². The minimum Gasteiger partial charge on any atom is -0.480 e. The van der Waals surface area contributed by atoms with Crippen LogP contribution < -0.4 is 5.32 Å². The van der Waals surface area contributed by atoms with Crippen molar-refractivity contribution in [1.29, 1.82) is 0 Å². The molecule has 1 unspecified atom stereocenters. The van der Waals surface area contributed by atoms with Crippen molar-refractivity contribution in [3.8, 4) is 0 Å². The topological polar surface area (TPSA) is 78.9 Å². The number of rotatable bonds is 6. The van der Waals surface area contributed by atoms with Gasteiger partial charge in [-0.3, -0.25) is 4.90 Å². The third-order valence-electron chi connectivity index (χ3n) is 6.09. The lowest BCUT2D eigenvalue weighted by molar-refractivity contribution is -0.142. The zero-order valence-corrected chi connectivity index (χ0v) is 21.1. The van der Waals surface area contributed by atoms with Gasteiger partial charge in [0.05, 0.1) is 0 Å². The van der Waals surface area contributed by atoms with Crippen LogP contribution in [0.3, 0.4) is 0 Å². The molecule has 1 aromatic heterocycles. The second kappa shape index (κ2) is 13.2. The Bertz CT molecular complexity index is 659. The van der Waals surface area contributed by atoms with Gasteiger partial charge in [0.2, 0.25) is 0 Å². The number of amides is 1. The van der Waals surface area contributed by atoms with Crippen molar-refractivity contribution in [3.63, 3.8) is 0 Å². The first-order valence-electron chi connectivity index (χ1n) is 12.1. The van der Waals surface area contributed by atoms with Crippen LogP contribution in [-0.2, 0) is 16.0 Å². The van der Waals surface area contributed by atoms with Crippen LogP contribution in [-0.4, -0.2) is 52.8 Å². The van der Waals surface area contributed by atoms with Crippen molar-refractivity contribution in [1.82, 2.24) is 10.2 Å². The quantitative estimate of drug-likeness (QED) is 0.550. The number of nitrogens with one attached hydrogen (secondary N) is 1. The highest BCUT2D eigenvalue weighted by molar-refractivity contribution is 7.09. The summed E-state index contributed by atoms with van der Waals surface area (Å²) >= 11 is 1.47. The van der Waals surface area contributed by atoms with E-state index in [-0.39, 0.29) is 6.42 Å². The molecule has 0 radical (unpaired) electrons. The Kier molecular flexibility index (Phi) is 11.0. The second-order valence-corrected chi connectivity index (χ2v) is 11.1. The van der Waals surface area contributed by atoms with Crippen molar-refractivity contribution in [2.75, 3.05) is 7.05 Å². The number of likely N-dealkylation sites (N-methyl/N-ethyl adjacent to an activating group) is 1. The molecule has 0 aromatic carbocycles. The van der Waals surface area contributed by atoms with Gasteiger partial charge in [0.1, 0.15) is 11.6 Å². The van der Waals surface area contributed by atoms with Crippen molar-refractivity contribution in [2.24, 2.45) is 0 Å². The number of carboxylic acids is 1. The maximum Gasteiger partial charge on any atom is 0.410 e. The molecule has 32 heavy (non-hydrogen) atoms. The minimum atomic E-state index is -1.04.